The van der Waals surface area contributed by atoms with Crippen molar-refractivity contribution < 1.29 is 8.83 Å². The maximum Gasteiger partial charge on any atom is 0.164 e. The molecule has 0 saturated carbocycles. The van der Waals surface area contributed by atoms with Crippen molar-refractivity contribution in [3.63, 3.8) is 0 Å². The van der Waals surface area contributed by atoms with Crippen molar-refractivity contribution in [1.29, 1.82) is 0 Å². The lowest BCUT2D eigenvalue weighted by atomic mass is 10.1. The minimum atomic E-state index is 0.552. The van der Waals surface area contributed by atoms with Crippen LogP contribution in [-0.2, 0) is 0 Å². The third kappa shape index (κ3) is 5.12. The molecular weight excluding hydrogens is 787 g/mol. The largest absolute Gasteiger partial charge is 0.456 e. The first-order chi connectivity index (χ1) is 31.7. The Labute approximate surface area is 364 Å². The van der Waals surface area contributed by atoms with Crippen molar-refractivity contribution in [1.82, 2.24) is 24.1 Å². The topological polar surface area (TPSA) is 74.8 Å². The van der Waals surface area contributed by atoms with Crippen LogP contribution in [0, 0.1) is 0 Å². The first kappa shape index (κ1) is 34.9. The molecule has 0 bridgehead atoms. The van der Waals surface area contributed by atoms with Gasteiger partial charge in [-0.3, -0.25) is 0 Å². The van der Waals surface area contributed by atoms with Crippen LogP contribution in [0.3, 0.4) is 0 Å². The zero-order chi connectivity index (χ0) is 41.9. The fourth-order valence-electron chi connectivity index (χ4n) is 9.88. The van der Waals surface area contributed by atoms with Crippen LogP contribution >= 0.6 is 0 Å². The van der Waals surface area contributed by atoms with E-state index in [2.05, 4.69) is 161 Å². The molecule has 14 rings (SSSR count). The average Bonchev–Trinajstić information content (AvgIpc) is 4.11. The minimum absolute atomic E-state index is 0.552. The lowest BCUT2D eigenvalue weighted by Crippen LogP contribution is -2.00. The van der Waals surface area contributed by atoms with Gasteiger partial charge in [-0.05, 0) is 91.0 Å². The van der Waals surface area contributed by atoms with Gasteiger partial charge in [0.15, 0.2) is 17.5 Å². The van der Waals surface area contributed by atoms with Gasteiger partial charge >= 0.3 is 0 Å². The van der Waals surface area contributed by atoms with Gasteiger partial charge in [0, 0.05) is 71.2 Å². The number of furan rings is 2. The average molecular weight is 820 g/mol. The highest BCUT2D eigenvalue weighted by Crippen LogP contribution is 2.42. The van der Waals surface area contributed by atoms with E-state index in [4.69, 9.17) is 23.8 Å². The van der Waals surface area contributed by atoms with Crippen molar-refractivity contribution >= 4 is 87.5 Å². The summed E-state index contributed by atoms with van der Waals surface area (Å²) in [6.07, 6.45) is 0. The van der Waals surface area contributed by atoms with Gasteiger partial charge in [0.25, 0.3) is 0 Å². The van der Waals surface area contributed by atoms with E-state index in [0.717, 1.165) is 83.0 Å². The van der Waals surface area contributed by atoms with Gasteiger partial charge in [-0.2, -0.15) is 0 Å². The molecule has 0 fully saturated rings. The summed E-state index contributed by atoms with van der Waals surface area (Å²) in [5.41, 5.74) is 12.6. The van der Waals surface area contributed by atoms with Crippen LogP contribution in [-0.4, -0.2) is 24.1 Å². The van der Waals surface area contributed by atoms with E-state index in [-0.39, 0.29) is 0 Å². The van der Waals surface area contributed by atoms with Crippen molar-refractivity contribution in [3.8, 4) is 45.5 Å². The van der Waals surface area contributed by atoms with Gasteiger partial charge < -0.3 is 18.0 Å². The molecular formula is C57H33N5O2. The third-order valence-electron chi connectivity index (χ3n) is 12.8. The van der Waals surface area contributed by atoms with Crippen LogP contribution in [0.25, 0.3) is 133 Å². The van der Waals surface area contributed by atoms with Gasteiger partial charge in [0.05, 0.1) is 22.1 Å². The maximum atomic E-state index is 6.32. The number of aromatic nitrogens is 5. The number of hydrogen-bond acceptors (Lipinski definition) is 5. The number of nitrogens with zero attached hydrogens (tertiary/aromatic N) is 5. The lowest BCUT2D eigenvalue weighted by molar-refractivity contribution is 0.668. The molecule has 7 heteroatoms. The van der Waals surface area contributed by atoms with Crippen molar-refractivity contribution in [2.24, 2.45) is 0 Å². The molecule has 0 saturated heterocycles. The predicted molar refractivity (Wildman–Crippen MR) is 259 cm³/mol. The Morgan fingerprint density at radius 3 is 1.38 bits per heavy atom. The SMILES string of the molecule is c1ccc(-n2c3ccccc3c3c2ccc2c4ccccc4n(-c4ccc(-c5nc(-c6ccc7c(c6)oc6ccccc67)nc(-c6ccc7c(c6)oc6ccccc67)n5)cc4)c23)cc1. The van der Waals surface area contributed by atoms with Crippen molar-refractivity contribution in [3.05, 3.63) is 200 Å². The van der Waals surface area contributed by atoms with Gasteiger partial charge in [-0.15, -0.1) is 0 Å². The van der Waals surface area contributed by atoms with Gasteiger partial charge in [0.2, 0.25) is 0 Å². The Morgan fingerprint density at radius 2 is 0.750 bits per heavy atom. The summed E-state index contributed by atoms with van der Waals surface area (Å²) in [5.74, 6) is 1.67. The Bertz CT molecular complexity index is 4060. The molecule has 0 atom stereocenters. The van der Waals surface area contributed by atoms with E-state index in [1.807, 2.05) is 48.5 Å². The number of rotatable bonds is 5. The fraction of sp³-hybridized carbons (Fsp3) is 0. The summed E-state index contributed by atoms with van der Waals surface area (Å²) in [6, 6.07) is 69.8. The smallest absolute Gasteiger partial charge is 0.164 e. The number of hydrogen-bond donors (Lipinski definition) is 0. The highest BCUT2D eigenvalue weighted by molar-refractivity contribution is 6.26. The monoisotopic (exact) mass is 819 g/mol. The molecule has 0 unspecified atom stereocenters. The zero-order valence-electron chi connectivity index (χ0n) is 34.1. The van der Waals surface area contributed by atoms with E-state index >= 15 is 0 Å². The molecule has 0 N–H and O–H groups in total. The Balaban J connectivity index is 0.957. The Morgan fingerprint density at radius 1 is 0.297 bits per heavy atom. The van der Waals surface area contributed by atoms with Gasteiger partial charge in [-0.25, -0.2) is 15.0 Å². The molecule has 14 aromatic rings. The van der Waals surface area contributed by atoms with E-state index in [1.165, 1.54) is 32.6 Å². The highest BCUT2D eigenvalue weighted by atomic mass is 16.3. The molecule has 0 aliphatic carbocycles. The molecule has 5 heterocycles. The van der Waals surface area contributed by atoms with Crippen molar-refractivity contribution in [2.45, 2.75) is 0 Å². The molecule has 0 aliphatic rings. The lowest BCUT2D eigenvalue weighted by Gasteiger charge is -2.12. The Hall–Kier alpha value is -8.81. The molecule has 5 aromatic heterocycles. The van der Waals surface area contributed by atoms with Crippen LogP contribution in [0.15, 0.2) is 209 Å². The molecule has 0 amide bonds. The molecule has 298 valence electrons. The zero-order valence-corrected chi connectivity index (χ0v) is 34.1. The molecule has 64 heavy (non-hydrogen) atoms. The van der Waals surface area contributed by atoms with Crippen LogP contribution in [0.2, 0.25) is 0 Å². The number of para-hydroxylation sites is 5. The van der Waals surface area contributed by atoms with Crippen LogP contribution in [0.5, 0.6) is 0 Å². The minimum Gasteiger partial charge on any atom is -0.456 e. The molecule has 0 aliphatic heterocycles. The molecule has 0 radical (unpaired) electrons. The standard InChI is InChI=1S/C57H33N5O2/c1-2-12-37(13-3-1)61-47-19-9-5-17-45(47)53-48(61)31-30-44-39-14-4-8-18-46(39)62(54(44)53)38-26-22-34(23-27-38)55-58-56(35-24-28-42-40-15-6-10-20-49(40)63-51(42)32-35)60-57(59-55)36-25-29-43-41-16-7-11-21-50(41)64-52(43)33-36/h1-33H. The van der Waals surface area contributed by atoms with Crippen LogP contribution in [0.1, 0.15) is 0 Å². The number of fused-ring (bicyclic) bond motifs is 13. The molecule has 9 aromatic carbocycles. The summed E-state index contributed by atoms with van der Waals surface area (Å²) >= 11 is 0. The Kier molecular flexibility index (Phi) is 7.27. The molecule has 0 spiro atoms. The molecule has 7 nitrogen and oxygen atoms in total. The third-order valence-corrected chi connectivity index (χ3v) is 12.8. The van der Waals surface area contributed by atoms with Crippen LogP contribution in [0.4, 0.5) is 0 Å². The predicted octanol–water partition coefficient (Wildman–Crippen LogP) is 14.9. The second kappa shape index (κ2) is 13.3. The second-order valence-corrected chi connectivity index (χ2v) is 16.4. The van der Waals surface area contributed by atoms with Gasteiger partial charge in [0.1, 0.15) is 22.3 Å². The maximum absolute atomic E-state index is 6.32. The summed E-state index contributed by atoms with van der Waals surface area (Å²) in [7, 11) is 0. The van der Waals surface area contributed by atoms with E-state index in [1.54, 1.807) is 0 Å². The quantitative estimate of drug-likeness (QED) is 0.173. The van der Waals surface area contributed by atoms with Crippen LogP contribution < -0.4 is 0 Å². The second-order valence-electron chi connectivity index (χ2n) is 16.4. The van der Waals surface area contributed by atoms with E-state index in [9.17, 15) is 0 Å². The fourth-order valence-corrected chi connectivity index (χ4v) is 9.88. The first-order valence-electron chi connectivity index (χ1n) is 21.4. The summed E-state index contributed by atoms with van der Waals surface area (Å²) in [4.78, 5) is 15.4. The van der Waals surface area contributed by atoms with E-state index < -0.39 is 0 Å². The van der Waals surface area contributed by atoms with E-state index in [0.29, 0.717) is 17.5 Å². The first-order valence-corrected chi connectivity index (χ1v) is 21.4. The summed E-state index contributed by atoms with van der Waals surface area (Å²) < 4.78 is 17.4. The van der Waals surface area contributed by atoms with Gasteiger partial charge in [-0.1, -0.05) is 109 Å². The number of benzene rings is 9. The summed E-state index contributed by atoms with van der Waals surface area (Å²) in [5, 5.41) is 9.08. The van der Waals surface area contributed by atoms with Crippen molar-refractivity contribution in [2.75, 3.05) is 0 Å². The highest BCUT2D eigenvalue weighted by Gasteiger charge is 2.22. The summed E-state index contributed by atoms with van der Waals surface area (Å²) in [6.45, 7) is 0. The normalized spacial score (nSPS) is 12.1.